The summed E-state index contributed by atoms with van der Waals surface area (Å²) in [4.78, 5) is 28.3. The van der Waals surface area contributed by atoms with Crippen LogP contribution in [0.2, 0.25) is 5.02 Å². The van der Waals surface area contributed by atoms with Gasteiger partial charge < -0.3 is 14.8 Å². The SMILES string of the molecule is CCOC(=O)c1cncc(CC23CC(NC(=O)COc4ccc(Cl)c(F)c4)(C2)C3)c1. The Balaban J connectivity index is 1.25. The normalized spacial score (nSPS) is 23.7. The number of aromatic nitrogens is 1. The summed E-state index contributed by atoms with van der Waals surface area (Å²) in [6.07, 6.45) is 6.73. The summed E-state index contributed by atoms with van der Waals surface area (Å²) < 4.78 is 23.8. The van der Waals surface area contributed by atoms with E-state index in [9.17, 15) is 14.0 Å². The molecule has 1 aromatic carbocycles. The van der Waals surface area contributed by atoms with Crippen molar-refractivity contribution in [1.29, 1.82) is 0 Å². The molecule has 5 rings (SSSR count). The van der Waals surface area contributed by atoms with Gasteiger partial charge in [-0.3, -0.25) is 9.78 Å². The first kappa shape index (κ1) is 20.6. The van der Waals surface area contributed by atoms with E-state index < -0.39 is 5.82 Å². The van der Waals surface area contributed by atoms with Crippen molar-refractivity contribution < 1.29 is 23.5 Å². The van der Waals surface area contributed by atoms with Crippen LogP contribution in [0.4, 0.5) is 4.39 Å². The predicted molar refractivity (Wildman–Crippen MR) is 108 cm³/mol. The number of benzene rings is 1. The third-order valence-corrected chi connectivity index (χ3v) is 6.00. The monoisotopic (exact) mass is 432 g/mol. The van der Waals surface area contributed by atoms with Gasteiger partial charge in [0.05, 0.1) is 17.2 Å². The Morgan fingerprint density at radius 1 is 1.23 bits per heavy atom. The Labute approximate surface area is 178 Å². The average Bonchev–Trinajstić information content (AvgIpc) is 2.67. The van der Waals surface area contributed by atoms with Crippen molar-refractivity contribution in [1.82, 2.24) is 10.3 Å². The Bertz CT molecular complexity index is 977. The highest BCUT2D eigenvalue weighted by atomic mass is 35.5. The van der Waals surface area contributed by atoms with Gasteiger partial charge in [-0.1, -0.05) is 11.6 Å². The smallest absolute Gasteiger partial charge is 0.339 e. The van der Waals surface area contributed by atoms with Gasteiger partial charge in [0.25, 0.3) is 5.91 Å². The molecule has 0 aliphatic heterocycles. The first-order valence-corrected chi connectivity index (χ1v) is 10.2. The molecule has 8 heteroatoms. The van der Waals surface area contributed by atoms with Crippen LogP contribution in [0.15, 0.2) is 36.7 Å². The first-order valence-electron chi connectivity index (χ1n) is 9.82. The summed E-state index contributed by atoms with van der Waals surface area (Å²) in [7, 11) is 0. The number of nitrogens with zero attached hydrogens (tertiary/aromatic N) is 1. The number of halogens is 2. The number of esters is 1. The van der Waals surface area contributed by atoms with Crippen LogP contribution in [0.5, 0.6) is 5.75 Å². The molecule has 1 heterocycles. The summed E-state index contributed by atoms with van der Waals surface area (Å²) >= 11 is 5.63. The van der Waals surface area contributed by atoms with Gasteiger partial charge in [0.15, 0.2) is 6.61 Å². The number of nitrogens with one attached hydrogen (secondary N) is 1. The second-order valence-corrected chi connectivity index (χ2v) is 8.61. The molecule has 1 amide bonds. The van der Waals surface area contributed by atoms with Crippen molar-refractivity contribution in [2.75, 3.05) is 13.2 Å². The summed E-state index contributed by atoms with van der Waals surface area (Å²) in [5.74, 6) is -0.925. The highest BCUT2D eigenvalue weighted by molar-refractivity contribution is 6.30. The lowest BCUT2D eigenvalue weighted by Crippen LogP contribution is -2.75. The standard InChI is InChI=1S/C22H22ClFN2O4/c1-2-29-20(28)15-5-14(8-25-9-15)7-21-11-22(12-21,13-21)26-19(27)10-30-16-3-4-17(23)18(24)6-16/h3-6,8-9H,2,7,10-13H2,1H3,(H,26,27). The van der Waals surface area contributed by atoms with E-state index in [0.29, 0.717) is 12.2 Å². The molecule has 1 aromatic heterocycles. The quantitative estimate of drug-likeness (QED) is 0.643. The molecule has 0 saturated heterocycles. The van der Waals surface area contributed by atoms with Crippen LogP contribution in [-0.2, 0) is 16.0 Å². The molecule has 2 bridgehead atoms. The van der Waals surface area contributed by atoms with Crippen molar-refractivity contribution in [3.05, 3.63) is 58.6 Å². The van der Waals surface area contributed by atoms with Gasteiger partial charge >= 0.3 is 5.97 Å². The number of hydrogen-bond acceptors (Lipinski definition) is 5. The molecule has 1 N–H and O–H groups in total. The van der Waals surface area contributed by atoms with E-state index in [1.54, 1.807) is 13.1 Å². The zero-order chi connectivity index (χ0) is 21.4. The van der Waals surface area contributed by atoms with Crippen LogP contribution in [0.25, 0.3) is 0 Å². The minimum absolute atomic E-state index is 0.00830. The lowest BCUT2D eigenvalue weighted by Gasteiger charge is -2.71. The van der Waals surface area contributed by atoms with Gasteiger partial charge in [0.2, 0.25) is 0 Å². The number of carbonyl (C=O) groups is 2. The van der Waals surface area contributed by atoms with E-state index in [1.165, 1.54) is 18.3 Å². The van der Waals surface area contributed by atoms with Crippen LogP contribution in [0, 0.1) is 11.2 Å². The maximum absolute atomic E-state index is 13.4. The number of rotatable bonds is 8. The first-order chi connectivity index (χ1) is 14.3. The van der Waals surface area contributed by atoms with Gasteiger partial charge in [-0.15, -0.1) is 0 Å². The fourth-order valence-electron chi connectivity index (χ4n) is 4.71. The minimum Gasteiger partial charge on any atom is -0.484 e. The summed E-state index contributed by atoms with van der Waals surface area (Å²) in [5, 5.41) is 3.05. The number of hydrogen-bond donors (Lipinski definition) is 1. The number of ether oxygens (including phenoxy) is 2. The Morgan fingerprint density at radius 3 is 2.70 bits per heavy atom. The molecule has 30 heavy (non-hydrogen) atoms. The van der Waals surface area contributed by atoms with Crippen LogP contribution in [0.3, 0.4) is 0 Å². The number of pyridine rings is 1. The van der Waals surface area contributed by atoms with E-state index in [0.717, 1.165) is 37.3 Å². The van der Waals surface area contributed by atoms with E-state index in [2.05, 4.69) is 10.3 Å². The lowest BCUT2D eigenvalue weighted by atomic mass is 9.38. The van der Waals surface area contributed by atoms with Gasteiger partial charge in [0.1, 0.15) is 11.6 Å². The van der Waals surface area contributed by atoms with Crippen LogP contribution in [-0.4, -0.2) is 35.6 Å². The second-order valence-electron chi connectivity index (χ2n) is 8.20. The van der Waals surface area contributed by atoms with Crippen LogP contribution >= 0.6 is 11.6 Å². The molecule has 0 unspecified atom stereocenters. The summed E-state index contributed by atoms with van der Waals surface area (Å²) in [6.45, 7) is 1.91. The Kier molecular flexibility index (Phi) is 5.40. The molecule has 0 spiro atoms. The topological polar surface area (TPSA) is 77.5 Å². The molecule has 3 fully saturated rings. The highest BCUT2D eigenvalue weighted by Gasteiger charge is 2.67. The predicted octanol–water partition coefficient (Wildman–Crippen LogP) is 3.71. The molecule has 0 radical (unpaired) electrons. The van der Waals surface area contributed by atoms with Gasteiger partial charge in [0, 0.05) is 24.0 Å². The third-order valence-electron chi connectivity index (χ3n) is 5.69. The molecule has 3 aliphatic rings. The van der Waals surface area contributed by atoms with Crippen molar-refractivity contribution in [3.63, 3.8) is 0 Å². The molecule has 2 aromatic rings. The van der Waals surface area contributed by atoms with E-state index >= 15 is 0 Å². The zero-order valence-electron chi connectivity index (χ0n) is 16.5. The minimum atomic E-state index is -0.586. The maximum Gasteiger partial charge on any atom is 0.339 e. The number of amides is 1. The summed E-state index contributed by atoms with van der Waals surface area (Å²) in [6, 6.07) is 5.90. The second kappa shape index (κ2) is 7.87. The molecular formula is C22H22ClFN2O4. The van der Waals surface area contributed by atoms with Crippen LogP contribution in [0.1, 0.15) is 42.1 Å². The van der Waals surface area contributed by atoms with Crippen LogP contribution < -0.4 is 10.1 Å². The van der Waals surface area contributed by atoms with Crippen molar-refractivity contribution >= 4 is 23.5 Å². The Morgan fingerprint density at radius 2 is 2.00 bits per heavy atom. The average molecular weight is 433 g/mol. The molecule has 0 atom stereocenters. The zero-order valence-corrected chi connectivity index (χ0v) is 17.3. The Hall–Kier alpha value is -2.67. The maximum atomic E-state index is 13.4. The molecule has 3 saturated carbocycles. The van der Waals surface area contributed by atoms with Crippen molar-refractivity contribution in [3.8, 4) is 5.75 Å². The molecule has 3 aliphatic carbocycles. The lowest BCUT2D eigenvalue weighted by molar-refractivity contribution is -0.165. The van der Waals surface area contributed by atoms with E-state index in [4.69, 9.17) is 21.1 Å². The van der Waals surface area contributed by atoms with Gasteiger partial charge in [-0.25, -0.2) is 9.18 Å². The van der Waals surface area contributed by atoms with Gasteiger partial charge in [-0.2, -0.15) is 0 Å². The van der Waals surface area contributed by atoms with E-state index in [-0.39, 0.29) is 40.2 Å². The number of carbonyl (C=O) groups excluding carboxylic acids is 2. The largest absolute Gasteiger partial charge is 0.484 e. The molecule has 158 valence electrons. The van der Waals surface area contributed by atoms with Gasteiger partial charge in [-0.05, 0) is 61.8 Å². The van der Waals surface area contributed by atoms with Crippen molar-refractivity contribution in [2.24, 2.45) is 5.41 Å². The summed E-state index contributed by atoms with van der Waals surface area (Å²) in [5.41, 5.74) is 1.41. The molecular weight excluding hydrogens is 411 g/mol. The third kappa shape index (κ3) is 4.12. The highest BCUT2D eigenvalue weighted by Crippen LogP contribution is 2.68. The van der Waals surface area contributed by atoms with Crippen molar-refractivity contribution in [2.45, 2.75) is 38.1 Å². The fourth-order valence-corrected chi connectivity index (χ4v) is 4.83. The fraction of sp³-hybridized carbons (Fsp3) is 0.409. The van der Waals surface area contributed by atoms with E-state index in [1.807, 2.05) is 6.07 Å². The molecule has 6 nitrogen and oxygen atoms in total.